The highest BCUT2D eigenvalue weighted by Gasteiger charge is 2.39. The summed E-state index contributed by atoms with van der Waals surface area (Å²) in [6, 6.07) is 8.34. The Morgan fingerprint density at radius 1 is 1.37 bits per heavy atom. The van der Waals surface area contributed by atoms with Gasteiger partial charge in [-0.3, -0.25) is 0 Å². The van der Waals surface area contributed by atoms with Gasteiger partial charge in [0.2, 0.25) is 0 Å². The maximum Gasteiger partial charge on any atom is 0.184 e. The first-order valence-electron chi connectivity index (χ1n) is 6.35. The van der Waals surface area contributed by atoms with Crippen LogP contribution in [0.2, 0.25) is 0 Å². The lowest BCUT2D eigenvalue weighted by molar-refractivity contribution is -0.281. The molecule has 6 nitrogen and oxygen atoms in total. The normalized spacial score (nSPS) is 35.2. The fourth-order valence-corrected chi connectivity index (χ4v) is 1.79. The van der Waals surface area contributed by atoms with Gasteiger partial charge in [0.05, 0.1) is 7.98 Å². The van der Waals surface area contributed by atoms with E-state index in [2.05, 4.69) is 0 Å². The largest absolute Gasteiger partial charge is 0.388 e. The number of benzene rings is 1. The van der Waals surface area contributed by atoms with Crippen LogP contribution in [0.15, 0.2) is 30.3 Å². The Balaban J connectivity index is 2.21. The molecule has 3 N–H and O–H groups in total. The van der Waals surface area contributed by atoms with Gasteiger partial charge in [-0.15, -0.1) is 0 Å². The van der Waals surface area contributed by atoms with Gasteiger partial charge < -0.3 is 29.6 Å². The van der Waals surface area contributed by atoms with Crippen LogP contribution < -0.4 is 0 Å². The van der Waals surface area contributed by atoms with E-state index in [1.54, 1.807) is 30.3 Å². The summed E-state index contributed by atoms with van der Waals surface area (Å²) in [5, 5.41) is 28.9. The second-order valence-electron chi connectivity index (χ2n) is 4.23. The Hall–Kier alpha value is -1.31. The van der Waals surface area contributed by atoms with Crippen molar-refractivity contribution in [3.05, 3.63) is 35.9 Å². The summed E-state index contributed by atoms with van der Waals surface area (Å²) in [6.07, 6.45) is -7.66. The minimum absolute atomic E-state index is 0.143. The lowest BCUT2D eigenvalue weighted by Crippen LogP contribution is -2.51. The first kappa shape index (κ1) is 12.7. The molecule has 1 fully saturated rings. The maximum absolute atomic E-state index is 10.5. The molecule has 104 valence electrons. The first-order chi connectivity index (χ1) is 9.48. The zero-order valence-corrected chi connectivity index (χ0v) is 10.0. The Morgan fingerprint density at radius 3 is 2.68 bits per heavy atom. The molecule has 19 heavy (non-hydrogen) atoms. The van der Waals surface area contributed by atoms with Crippen molar-refractivity contribution in [2.75, 3.05) is 6.61 Å². The van der Waals surface area contributed by atoms with E-state index in [0.717, 1.165) is 0 Å². The van der Waals surface area contributed by atoms with Crippen LogP contribution in [0.25, 0.3) is 0 Å². The zero-order chi connectivity index (χ0) is 14.8. The third kappa shape index (κ3) is 3.17. The van der Waals surface area contributed by atoms with E-state index in [9.17, 15) is 20.1 Å². The quantitative estimate of drug-likeness (QED) is 0.631. The summed E-state index contributed by atoms with van der Waals surface area (Å²) in [7, 11) is 0. The van der Waals surface area contributed by atoms with Crippen LogP contribution >= 0.6 is 0 Å². The molecule has 1 aliphatic rings. The summed E-state index contributed by atoms with van der Waals surface area (Å²) in [5.41, 5.74) is 0.379. The maximum atomic E-state index is 10.5. The number of ether oxygens (including phenoxy) is 2. The summed E-state index contributed by atoms with van der Waals surface area (Å²) < 4.78 is 18.6. The van der Waals surface area contributed by atoms with Gasteiger partial charge in [0.1, 0.15) is 24.4 Å². The minimum atomic E-state index is -1.91. The second-order valence-corrected chi connectivity index (χ2v) is 4.23. The number of aliphatic hydroxyl groups excluding tert-OH is 3. The summed E-state index contributed by atoms with van der Waals surface area (Å²) in [5.74, 6) is 0. The van der Waals surface area contributed by atoms with E-state index < -0.39 is 30.7 Å². The molecular formula is C13H16O6. The molecule has 0 aliphatic carbocycles. The number of hydrogen-bond donors (Lipinski definition) is 3. The smallest absolute Gasteiger partial charge is 0.184 e. The molecule has 0 aromatic heterocycles. The van der Waals surface area contributed by atoms with E-state index in [0.29, 0.717) is 5.56 Å². The fraction of sp³-hybridized carbons (Fsp3) is 0.462. The van der Waals surface area contributed by atoms with Crippen molar-refractivity contribution >= 4 is 6.29 Å². The Labute approximate surface area is 111 Å². The predicted octanol–water partition coefficient (Wildman–Crippen LogP) is -0.618. The number of aliphatic hydroxyl groups is 3. The van der Waals surface area contributed by atoms with Crippen LogP contribution in [-0.4, -0.2) is 52.6 Å². The number of rotatable bonds is 4. The van der Waals surface area contributed by atoms with Gasteiger partial charge in [-0.1, -0.05) is 30.3 Å². The van der Waals surface area contributed by atoms with Crippen LogP contribution in [-0.2, 0) is 14.3 Å². The number of aldehydes is 1. The monoisotopic (exact) mass is 269 g/mol. The number of hydrogen-bond acceptors (Lipinski definition) is 6. The van der Waals surface area contributed by atoms with Crippen LogP contribution in [0.1, 0.15) is 13.2 Å². The molecule has 0 amide bonds. The van der Waals surface area contributed by atoms with Gasteiger partial charge in [0.25, 0.3) is 0 Å². The highest BCUT2D eigenvalue weighted by molar-refractivity contribution is 5.56. The van der Waals surface area contributed by atoms with Crippen LogP contribution in [0, 0.1) is 0 Å². The molecule has 0 saturated carbocycles. The average molecular weight is 269 g/mol. The second kappa shape index (κ2) is 6.23. The topological polar surface area (TPSA) is 96.2 Å². The molecule has 1 aliphatic heterocycles. The van der Waals surface area contributed by atoms with Crippen molar-refractivity contribution in [3.63, 3.8) is 0 Å². The molecule has 0 spiro atoms. The summed E-state index contributed by atoms with van der Waals surface area (Å²) in [4.78, 5) is 10.5. The lowest BCUT2D eigenvalue weighted by Gasteiger charge is -2.37. The number of carbonyl (C=O) groups excluding carboxylic acids is 1. The first-order valence-corrected chi connectivity index (χ1v) is 5.85. The van der Waals surface area contributed by atoms with Gasteiger partial charge >= 0.3 is 0 Å². The highest BCUT2D eigenvalue weighted by atomic mass is 16.7. The Morgan fingerprint density at radius 2 is 2.05 bits per heavy atom. The van der Waals surface area contributed by atoms with Crippen LogP contribution in [0.5, 0.6) is 0 Å². The SMILES string of the molecule is [2H]C1(c2ccccc2)OC[C@H](O)[C@H]([C@@H](O)[C@H](O)C=O)O1. The minimum Gasteiger partial charge on any atom is -0.388 e. The predicted molar refractivity (Wildman–Crippen MR) is 64.1 cm³/mol. The van der Waals surface area contributed by atoms with Crippen molar-refractivity contribution in [2.45, 2.75) is 30.7 Å². The van der Waals surface area contributed by atoms with Crippen molar-refractivity contribution in [3.8, 4) is 0 Å². The third-order valence-electron chi connectivity index (χ3n) is 2.84. The van der Waals surface area contributed by atoms with E-state index in [1.807, 2.05) is 0 Å². The standard InChI is InChI=1S/C13H16O6/c14-6-9(15)11(17)12-10(16)7-18-13(19-12)8-4-2-1-3-5-8/h1-6,9-13,15-17H,7H2/t9-,10+,11+,12-,13?/m1/s1/i13D. The fourth-order valence-electron chi connectivity index (χ4n) is 1.79. The molecule has 2 rings (SSSR count). The summed E-state index contributed by atoms with van der Waals surface area (Å²) >= 11 is 0. The van der Waals surface area contributed by atoms with Gasteiger partial charge in [-0.2, -0.15) is 0 Å². The third-order valence-corrected chi connectivity index (χ3v) is 2.84. The molecule has 1 aromatic rings. The van der Waals surface area contributed by atoms with Gasteiger partial charge in [0, 0.05) is 5.56 Å². The van der Waals surface area contributed by atoms with Crippen LogP contribution in [0.3, 0.4) is 0 Å². The average Bonchev–Trinajstić information content (AvgIpc) is 2.49. The van der Waals surface area contributed by atoms with Gasteiger partial charge in [-0.25, -0.2) is 0 Å². The van der Waals surface area contributed by atoms with Gasteiger partial charge in [-0.05, 0) is 0 Å². The summed E-state index contributed by atoms with van der Waals surface area (Å²) in [6.45, 7) is -0.258. The molecule has 1 aromatic carbocycles. The van der Waals surface area contributed by atoms with Crippen molar-refractivity contribution in [1.82, 2.24) is 0 Å². The molecule has 5 atom stereocenters. The molecule has 1 unspecified atom stereocenters. The van der Waals surface area contributed by atoms with E-state index in [4.69, 9.17) is 10.8 Å². The highest BCUT2D eigenvalue weighted by Crippen LogP contribution is 2.28. The zero-order valence-electron chi connectivity index (χ0n) is 11.0. The number of carbonyl (C=O) groups is 1. The van der Waals surface area contributed by atoms with Gasteiger partial charge in [0.15, 0.2) is 12.6 Å². The van der Waals surface area contributed by atoms with Crippen molar-refractivity contribution < 1.29 is 31.0 Å². The van der Waals surface area contributed by atoms with Crippen molar-refractivity contribution in [1.29, 1.82) is 0 Å². The molecule has 1 heterocycles. The lowest BCUT2D eigenvalue weighted by atomic mass is 10.0. The Bertz CT molecular complexity index is 455. The van der Waals surface area contributed by atoms with E-state index >= 15 is 0 Å². The Kier molecular flexibility index (Phi) is 4.16. The van der Waals surface area contributed by atoms with Crippen LogP contribution in [0.4, 0.5) is 0 Å². The molecule has 0 bridgehead atoms. The molecular weight excluding hydrogens is 252 g/mol. The molecule has 6 heteroatoms. The van der Waals surface area contributed by atoms with Crippen molar-refractivity contribution in [2.24, 2.45) is 0 Å². The molecule has 1 saturated heterocycles. The molecule has 0 radical (unpaired) electrons. The van der Waals surface area contributed by atoms with E-state index in [1.165, 1.54) is 0 Å². The van der Waals surface area contributed by atoms with E-state index in [-0.39, 0.29) is 12.9 Å².